The van der Waals surface area contributed by atoms with E-state index in [1.54, 1.807) is 0 Å². The molecule has 4 unspecified atom stereocenters. The van der Waals surface area contributed by atoms with E-state index < -0.39 is 17.7 Å². The monoisotopic (exact) mass is 439 g/mol. The van der Waals surface area contributed by atoms with Crippen molar-refractivity contribution in [1.82, 2.24) is 15.5 Å². The Hall–Kier alpha value is -2.54. The highest BCUT2D eigenvalue weighted by Gasteiger charge is 2.58. The van der Waals surface area contributed by atoms with E-state index in [4.69, 9.17) is 10.7 Å². The van der Waals surface area contributed by atoms with Crippen molar-refractivity contribution in [3.8, 4) is 0 Å². The number of rotatable bonds is 4. The fraction of sp³-hybridized carbons (Fsp3) is 0.600. The number of fused-ring (bicyclic) bond motifs is 2. The number of benzene rings is 1. The molecule has 2 fully saturated rings. The van der Waals surface area contributed by atoms with Gasteiger partial charge in [-0.2, -0.15) is 0 Å². The second kappa shape index (κ2) is 8.77. The number of hydrogen-bond acceptors (Lipinski definition) is 5. The lowest BCUT2D eigenvalue weighted by Gasteiger charge is -2.48. The molecule has 0 radical (unpaired) electrons. The average molecular weight is 440 g/mol. The highest BCUT2D eigenvalue weighted by Crippen LogP contribution is 2.40. The number of nitrogens with zero attached hydrogens (tertiary/aromatic N) is 2. The van der Waals surface area contributed by atoms with Crippen LogP contribution in [0.1, 0.15) is 68.4 Å². The Morgan fingerprint density at radius 2 is 2.09 bits per heavy atom. The van der Waals surface area contributed by atoms with E-state index in [1.807, 2.05) is 26.0 Å². The van der Waals surface area contributed by atoms with Crippen LogP contribution in [-0.2, 0) is 12.8 Å². The summed E-state index contributed by atoms with van der Waals surface area (Å²) in [7, 11) is 0. The van der Waals surface area contributed by atoms with Gasteiger partial charge in [0.05, 0.1) is 23.5 Å². The maximum atomic E-state index is 13.3. The van der Waals surface area contributed by atoms with Crippen LogP contribution < -0.4 is 16.4 Å². The molecule has 2 saturated heterocycles. The first-order chi connectivity index (χ1) is 15.3. The number of aliphatic imine (C=N–C) groups is 1. The van der Waals surface area contributed by atoms with Crippen LogP contribution in [0.3, 0.4) is 0 Å². The summed E-state index contributed by atoms with van der Waals surface area (Å²) < 4.78 is 0. The third kappa shape index (κ3) is 3.76. The minimum Gasteiger partial charge on any atom is -0.388 e. The van der Waals surface area contributed by atoms with Gasteiger partial charge in [-0.15, -0.1) is 0 Å². The third-order valence-electron chi connectivity index (χ3n) is 7.46. The van der Waals surface area contributed by atoms with Crippen LogP contribution in [0.4, 0.5) is 0 Å². The van der Waals surface area contributed by atoms with Crippen LogP contribution >= 0.6 is 0 Å². The van der Waals surface area contributed by atoms with Gasteiger partial charge in [0.1, 0.15) is 11.9 Å². The minimum absolute atomic E-state index is 0.101. The summed E-state index contributed by atoms with van der Waals surface area (Å²) in [6.07, 6.45) is 4.15. The number of amidine groups is 1. The number of aliphatic hydroxyl groups excluding tert-OH is 1. The first-order valence-electron chi connectivity index (χ1n) is 11.9. The van der Waals surface area contributed by atoms with Crippen molar-refractivity contribution in [3.63, 3.8) is 0 Å². The zero-order valence-electron chi connectivity index (χ0n) is 19.7. The van der Waals surface area contributed by atoms with Crippen molar-refractivity contribution < 1.29 is 9.90 Å². The molecular formula is C25H37N5O2. The molecular weight excluding hydrogens is 402 g/mol. The minimum atomic E-state index is -0.777. The Kier molecular flexibility index (Phi) is 6.21. The molecule has 4 rings (SSSR count). The number of hydrogen-bond donors (Lipinski definition) is 4. The second-order valence-corrected chi connectivity index (χ2v) is 9.73. The van der Waals surface area contributed by atoms with E-state index in [9.17, 15) is 9.90 Å². The molecule has 7 heteroatoms. The number of nitrogens with two attached hydrogens (primary N) is 1. The zero-order valence-corrected chi connectivity index (χ0v) is 19.7. The predicted octanol–water partition coefficient (Wildman–Crippen LogP) is 2.09. The van der Waals surface area contributed by atoms with Gasteiger partial charge in [0.2, 0.25) is 0 Å². The van der Waals surface area contributed by atoms with Gasteiger partial charge in [-0.25, -0.2) is 0 Å². The summed E-state index contributed by atoms with van der Waals surface area (Å²) in [6.45, 7) is 9.24. The van der Waals surface area contributed by atoms with E-state index in [0.717, 1.165) is 41.8 Å². The predicted molar refractivity (Wildman–Crippen MR) is 128 cm³/mol. The lowest BCUT2D eigenvalue weighted by atomic mass is 9.83. The van der Waals surface area contributed by atoms with Crippen LogP contribution in [-0.4, -0.2) is 58.6 Å². The van der Waals surface area contributed by atoms with Crippen LogP contribution in [0.2, 0.25) is 0 Å². The molecule has 32 heavy (non-hydrogen) atoms. The molecule has 0 aromatic heterocycles. The molecule has 0 spiro atoms. The summed E-state index contributed by atoms with van der Waals surface area (Å²) in [5.41, 5.74) is 9.75. The van der Waals surface area contributed by atoms with Crippen LogP contribution in [0.5, 0.6) is 0 Å². The Morgan fingerprint density at radius 3 is 2.81 bits per heavy atom. The first-order valence-corrected chi connectivity index (χ1v) is 11.9. The summed E-state index contributed by atoms with van der Waals surface area (Å²) in [5, 5.41) is 18.2. The maximum Gasteiger partial charge on any atom is 0.251 e. The average Bonchev–Trinajstić information content (AvgIpc) is 3.04. The Labute approximate surface area is 191 Å². The van der Waals surface area contributed by atoms with Crippen molar-refractivity contribution in [1.29, 1.82) is 0 Å². The van der Waals surface area contributed by atoms with Gasteiger partial charge in [0, 0.05) is 25.1 Å². The molecule has 5 N–H and O–H groups in total. The molecule has 1 aromatic rings. The normalized spacial score (nSPS) is 29.8. The maximum absolute atomic E-state index is 13.3. The lowest BCUT2D eigenvalue weighted by Crippen LogP contribution is -2.65. The van der Waals surface area contributed by atoms with E-state index in [1.165, 1.54) is 12.0 Å². The first kappa shape index (κ1) is 22.6. The molecule has 0 bridgehead atoms. The molecule has 4 atom stereocenters. The highest BCUT2D eigenvalue weighted by atomic mass is 16.3. The summed E-state index contributed by atoms with van der Waals surface area (Å²) in [4.78, 5) is 20.3. The number of carbonyl (C=O) groups excluding carboxylic acids is 1. The van der Waals surface area contributed by atoms with E-state index in [2.05, 4.69) is 35.4 Å². The third-order valence-corrected chi connectivity index (χ3v) is 7.46. The van der Waals surface area contributed by atoms with Crippen molar-refractivity contribution in [2.24, 2.45) is 10.7 Å². The number of carbonyl (C=O) groups is 1. The Balaban J connectivity index is 1.63. The second-order valence-electron chi connectivity index (χ2n) is 9.73. The summed E-state index contributed by atoms with van der Waals surface area (Å²) in [5.74, 6) is 1.48. The molecule has 1 amide bonds. The van der Waals surface area contributed by atoms with Crippen LogP contribution in [0.25, 0.3) is 0 Å². The van der Waals surface area contributed by atoms with Gasteiger partial charge in [-0.1, -0.05) is 19.1 Å². The van der Waals surface area contributed by atoms with Gasteiger partial charge < -0.3 is 26.4 Å². The number of aliphatic hydroxyl groups is 1. The Morgan fingerprint density at radius 1 is 1.34 bits per heavy atom. The van der Waals surface area contributed by atoms with Crippen molar-refractivity contribution in [2.75, 3.05) is 13.1 Å². The lowest BCUT2D eigenvalue weighted by molar-refractivity contribution is 0.0137. The van der Waals surface area contributed by atoms with E-state index in [0.29, 0.717) is 25.3 Å². The molecule has 0 saturated carbocycles. The summed E-state index contributed by atoms with van der Waals surface area (Å²) >= 11 is 0. The Bertz CT molecular complexity index is 952. The van der Waals surface area contributed by atoms with Crippen LogP contribution in [0.15, 0.2) is 34.6 Å². The van der Waals surface area contributed by atoms with Gasteiger partial charge in [-0.3, -0.25) is 9.79 Å². The molecule has 174 valence electrons. The number of allylic oxidation sites excluding steroid dienone is 1. The van der Waals surface area contributed by atoms with Gasteiger partial charge in [0.15, 0.2) is 0 Å². The van der Waals surface area contributed by atoms with Gasteiger partial charge >= 0.3 is 0 Å². The topological polar surface area (TPSA) is 103 Å². The van der Waals surface area contributed by atoms with Gasteiger partial charge in [-0.05, 0) is 69.2 Å². The quantitative estimate of drug-likeness (QED) is 0.425. The number of aryl methyl sites for hydroxylation is 1. The SMILES string of the molecule is CCC(N)=NC1CNC(=C(C)C)N2CC(NC(=O)c3cccc4c3CCCC4)C(O)C12C. The zero-order chi connectivity index (χ0) is 23.0. The summed E-state index contributed by atoms with van der Waals surface area (Å²) in [6, 6.07) is 5.39. The van der Waals surface area contributed by atoms with Crippen molar-refractivity contribution in [2.45, 2.75) is 83.5 Å². The van der Waals surface area contributed by atoms with E-state index >= 15 is 0 Å². The van der Waals surface area contributed by atoms with E-state index in [-0.39, 0.29) is 11.9 Å². The number of nitrogens with one attached hydrogen (secondary N) is 2. The molecule has 7 nitrogen and oxygen atoms in total. The fourth-order valence-electron chi connectivity index (χ4n) is 5.54. The standard InChI is InChI=1S/C25H37N5O2/c1-5-21(26)29-20-13-27-23(15(2)3)30-14-19(22(31)25(20,30)4)28-24(32)18-12-8-10-16-9-6-7-11-17(16)18/h8,10,12,19-20,22,27,31H,5-7,9,11,13-14H2,1-4H3,(H2,26,29)(H,28,32). The molecule has 2 aliphatic heterocycles. The molecule has 3 aliphatic rings. The smallest absolute Gasteiger partial charge is 0.251 e. The van der Waals surface area contributed by atoms with Crippen molar-refractivity contribution in [3.05, 3.63) is 46.3 Å². The largest absolute Gasteiger partial charge is 0.388 e. The van der Waals surface area contributed by atoms with Crippen molar-refractivity contribution >= 4 is 11.7 Å². The number of amides is 1. The van der Waals surface area contributed by atoms with Gasteiger partial charge in [0.25, 0.3) is 5.91 Å². The highest BCUT2D eigenvalue weighted by molar-refractivity contribution is 5.96. The fourth-order valence-corrected chi connectivity index (χ4v) is 5.54. The van der Waals surface area contributed by atoms with Crippen LogP contribution in [0, 0.1) is 0 Å². The molecule has 1 aliphatic carbocycles. The molecule has 1 aromatic carbocycles. The molecule has 2 heterocycles.